The Kier molecular flexibility index (Phi) is 3.97. The molecule has 0 atom stereocenters. The first-order valence-electron chi connectivity index (χ1n) is 6.23. The van der Waals surface area contributed by atoms with E-state index in [0.717, 1.165) is 37.1 Å². The van der Waals surface area contributed by atoms with Gasteiger partial charge in [-0.1, -0.05) is 29.9 Å². The zero-order valence-electron chi connectivity index (χ0n) is 10.6. The summed E-state index contributed by atoms with van der Waals surface area (Å²) in [5.74, 6) is 0.404. The number of benzene rings is 1. The average Bonchev–Trinajstić information content (AvgIpc) is 2.38. The highest BCUT2D eigenvalue weighted by molar-refractivity contribution is 7.80. The van der Waals surface area contributed by atoms with Crippen LogP contribution in [-0.2, 0) is 0 Å². The molecule has 4 heteroatoms. The van der Waals surface area contributed by atoms with Gasteiger partial charge in [-0.15, -0.1) is 0 Å². The molecule has 1 amide bonds. The van der Waals surface area contributed by atoms with Crippen molar-refractivity contribution in [2.45, 2.75) is 19.8 Å². The fourth-order valence-corrected chi connectivity index (χ4v) is 2.56. The van der Waals surface area contributed by atoms with Gasteiger partial charge in [0.15, 0.2) is 0 Å². The van der Waals surface area contributed by atoms with Crippen LogP contribution < -0.4 is 5.73 Å². The highest BCUT2D eigenvalue weighted by Gasteiger charge is 2.24. The van der Waals surface area contributed by atoms with E-state index in [-0.39, 0.29) is 5.91 Å². The first-order chi connectivity index (χ1) is 8.58. The van der Waals surface area contributed by atoms with Gasteiger partial charge >= 0.3 is 0 Å². The number of carbonyl (C=O) groups excluding carboxylic acids is 1. The van der Waals surface area contributed by atoms with Crippen LogP contribution in [0.5, 0.6) is 0 Å². The summed E-state index contributed by atoms with van der Waals surface area (Å²) >= 11 is 5.00. The zero-order valence-corrected chi connectivity index (χ0v) is 11.4. The maximum absolute atomic E-state index is 12.3. The van der Waals surface area contributed by atoms with Crippen molar-refractivity contribution in [3.8, 4) is 0 Å². The van der Waals surface area contributed by atoms with Gasteiger partial charge in [-0.3, -0.25) is 4.79 Å². The van der Waals surface area contributed by atoms with Crippen LogP contribution >= 0.6 is 12.2 Å². The Balaban J connectivity index is 2.02. The fourth-order valence-electron chi connectivity index (χ4n) is 2.33. The third-order valence-electron chi connectivity index (χ3n) is 3.45. The largest absolute Gasteiger partial charge is 0.393 e. The number of likely N-dealkylation sites (tertiary alicyclic amines) is 1. The Bertz CT molecular complexity index is 465. The molecule has 0 aliphatic carbocycles. The van der Waals surface area contributed by atoms with Gasteiger partial charge in [0, 0.05) is 24.6 Å². The monoisotopic (exact) mass is 262 g/mol. The Morgan fingerprint density at radius 1 is 1.39 bits per heavy atom. The lowest BCUT2D eigenvalue weighted by Crippen LogP contribution is -2.41. The highest BCUT2D eigenvalue weighted by atomic mass is 32.1. The molecule has 1 aliphatic rings. The van der Waals surface area contributed by atoms with Crippen molar-refractivity contribution >= 4 is 23.1 Å². The van der Waals surface area contributed by atoms with E-state index in [1.165, 1.54) is 0 Å². The molecule has 0 radical (unpaired) electrons. The van der Waals surface area contributed by atoms with Gasteiger partial charge in [0.05, 0.1) is 4.99 Å². The number of hydrogen-bond donors (Lipinski definition) is 1. The van der Waals surface area contributed by atoms with Crippen LogP contribution in [0.3, 0.4) is 0 Å². The smallest absolute Gasteiger partial charge is 0.253 e. The Morgan fingerprint density at radius 3 is 2.61 bits per heavy atom. The first-order valence-corrected chi connectivity index (χ1v) is 6.64. The van der Waals surface area contributed by atoms with Crippen LogP contribution in [-0.4, -0.2) is 28.9 Å². The Hall–Kier alpha value is -1.42. The van der Waals surface area contributed by atoms with Gasteiger partial charge in [0.1, 0.15) is 0 Å². The summed E-state index contributed by atoms with van der Waals surface area (Å²) < 4.78 is 0. The fraction of sp³-hybridized carbons (Fsp3) is 0.429. The molecular weight excluding hydrogens is 244 g/mol. The van der Waals surface area contributed by atoms with Gasteiger partial charge in [-0.25, -0.2) is 0 Å². The molecule has 0 bridgehead atoms. The third-order valence-corrected chi connectivity index (χ3v) is 3.78. The molecular formula is C14H18N2OS. The van der Waals surface area contributed by atoms with Crippen molar-refractivity contribution in [1.82, 2.24) is 4.90 Å². The van der Waals surface area contributed by atoms with Crippen molar-refractivity contribution in [3.05, 3.63) is 35.4 Å². The van der Waals surface area contributed by atoms with E-state index in [1.54, 1.807) is 0 Å². The number of carbonyl (C=O) groups is 1. The summed E-state index contributed by atoms with van der Waals surface area (Å²) in [6, 6.07) is 7.72. The van der Waals surface area contributed by atoms with E-state index >= 15 is 0 Å². The second-order valence-corrected chi connectivity index (χ2v) is 5.31. The van der Waals surface area contributed by atoms with E-state index in [9.17, 15) is 4.79 Å². The number of nitrogens with zero attached hydrogens (tertiary/aromatic N) is 1. The molecule has 18 heavy (non-hydrogen) atoms. The summed E-state index contributed by atoms with van der Waals surface area (Å²) in [5, 5.41) is 0. The molecule has 0 aromatic heterocycles. The standard InChI is InChI=1S/C14H18N2OS/c1-10-3-2-4-12(9-10)14(17)16-7-5-11(6-8-16)13(15)18/h2-4,9,11H,5-8H2,1H3,(H2,15,18). The lowest BCUT2D eigenvalue weighted by atomic mass is 9.96. The van der Waals surface area contributed by atoms with Crippen LogP contribution in [0.4, 0.5) is 0 Å². The maximum atomic E-state index is 12.3. The molecule has 2 N–H and O–H groups in total. The lowest BCUT2D eigenvalue weighted by molar-refractivity contribution is 0.0710. The lowest BCUT2D eigenvalue weighted by Gasteiger charge is -2.31. The van der Waals surface area contributed by atoms with Gasteiger partial charge in [-0.05, 0) is 31.9 Å². The SMILES string of the molecule is Cc1cccc(C(=O)N2CCC(C(N)=S)CC2)c1. The number of amides is 1. The highest BCUT2D eigenvalue weighted by Crippen LogP contribution is 2.19. The molecule has 96 valence electrons. The number of rotatable bonds is 2. The Morgan fingerprint density at radius 2 is 2.06 bits per heavy atom. The molecule has 1 aliphatic heterocycles. The van der Waals surface area contributed by atoms with E-state index in [1.807, 2.05) is 36.1 Å². The van der Waals surface area contributed by atoms with Crippen molar-refractivity contribution in [2.75, 3.05) is 13.1 Å². The maximum Gasteiger partial charge on any atom is 0.253 e. The third kappa shape index (κ3) is 2.88. The molecule has 3 nitrogen and oxygen atoms in total. The molecule has 0 spiro atoms. The van der Waals surface area contributed by atoms with Gasteiger partial charge in [-0.2, -0.15) is 0 Å². The van der Waals surface area contributed by atoms with E-state index < -0.39 is 0 Å². The van der Waals surface area contributed by atoms with Crippen molar-refractivity contribution in [1.29, 1.82) is 0 Å². The topological polar surface area (TPSA) is 46.3 Å². The molecule has 1 aromatic rings. The normalized spacial score (nSPS) is 16.6. The molecule has 1 saturated heterocycles. The predicted molar refractivity (Wildman–Crippen MR) is 76.6 cm³/mol. The molecule has 1 fully saturated rings. The van der Waals surface area contributed by atoms with E-state index in [0.29, 0.717) is 10.9 Å². The Labute approximate surface area is 113 Å². The number of nitrogens with two attached hydrogens (primary N) is 1. The quantitative estimate of drug-likeness (QED) is 0.831. The molecule has 1 aromatic carbocycles. The zero-order chi connectivity index (χ0) is 13.1. The van der Waals surface area contributed by atoms with Crippen molar-refractivity contribution in [2.24, 2.45) is 11.7 Å². The summed E-state index contributed by atoms with van der Waals surface area (Å²) in [7, 11) is 0. The second kappa shape index (κ2) is 5.48. The minimum atomic E-state index is 0.111. The van der Waals surface area contributed by atoms with Gasteiger partial charge in [0.25, 0.3) is 5.91 Å². The molecule has 0 saturated carbocycles. The summed E-state index contributed by atoms with van der Waals surface area (Å²) in [5.41, 5.74) is 7.53. The van der Waals surface area contributed by atoms with Crippen LogP contribution in [0.15, 0.2) is 24.3 Å². The van der Waals surface area contributed by atoms with Crippen molar-refractivity contribution < 1.29 is 4.79 Å². The predicted octanol–water partition coefficient (Wildman–Crippen LogP) is 2.13. The van der Waals surface area contributed by atoms with Gasteiger partial charge < -0.3 is 10.6 Å². The summed E-state index contributed by atoms with van der Waals surface area (Å²) in [6.07, 6.45) is 1.76. The molecule has 0 unspecified atom stereocenters. The van der Waals surface area contributed by atoms with E-state index in [2.05, 4.69) is 0 Å². The van der Waals surface area contributed by atoms with Crippen LogP contribution in [0.2, 0.25) is 0 Å². The van der Waals surface area contributed by atoms with Crippen molar-refractivity contribution in [3.63, 3.8) is 0 Å². The minimum Gasteiger partial charge on any atom is -0.393 e. The summed E-state index contributed by atoms with van der Waals surface area (Å²) in [4.78, 5) is 14.8. The number of aryl methyl sites for hydroxylation is 1. The van der Waals surface area contributed by atoms with Gasteiger partial charge in [0.2, 0.25) is 0 Å². The molecule has 1 heterocycles. The van der Waals surface area contributed by atoms with Crippen LogP contribution in [0.25, 0.3) is 0 Å². The van der Waals surface area contributed by atoms with E-state index in [4.69, 9.17) is 18.0 Å². The number of hydrogen-bond acceptors (Lipinski definition) is 2. The average molecular weight is 262 g/mol. The van der Waals surface area contributed by atoms with Crippen LogP contribution in [0.1, 0.15) is 28.8 Å². The molecule has 2 rings (SSSR count). The second-order valence-electron chi connectivity index (χ2n) is 4.84. The summed E-state index contributed by atoms with van der Waals surface area (Å²) in [6.45, 7) is 3.49. The first kappa shape index (κ1) is 13.0. The number of thiocarbonyl (C=S) groups is 1. The minimum absolute atomic E-state index is 0.111. The number of piperidine rings is 1. The van der Waals surface area contributed by atoms with Crippen LogP contribution in [0, 0.1) is 12.8 Å².